The highest BCUT2D eigenvalue weighted by molar-refractivity contribution is 7.42. The fourth-order valence-electron chi connectivity index (χ4n) is 1.71. The van der Waals surface area contributed by atoms with Crippen molar-refractivity contribution in [3.05, 3.63) is 52.0 Å². The van der Waals surface area contributed by atoms with Crippen molar-refractivity contribution in [3.8, 4) is 0 Å². The Hall–Kier alpha value is -1.05. The number of aromatic nitrogens is 1. The highest BCUT2D eigenvalue weighted by Gasteiger charge is 2.00. The van der Waals surface area contributed by atoms with E-state index in [1.807, 2.05) is 23.7 Å². The second-order valence-electron chi connectivity index (χ2n) is 4.10. The van der Waals surface area contributed by atoms with Crippen LogP contribution in [0.1, 0.15) is 22.6 Å². The van der Waals surface area contributed by atoms with Crippen molar-refractivity contribution in [2.75, 3.05) is 6.54 Å². The van der Waals surface area contributed by atoms with Crippen LogP contribution in [-0.2, 0) is 6.42 Å². The van der Waals surface area contributed by atoms with Gasteiger partial charge in [0.1, 0.15) is 0 Å². The minimum Gasteiger partial charge on any atom is -0.285 e. The summed E-state index contributed by atoms with van der Waals surface area (Å²) in [6, 6.07) is 10.3. The molecular formula is C14H17N2PS. The largest absolute Gasteiger partial charge is 0.285 e. The van der Waals surface area contributed by atoms with E-state index in [-0.39, 0.29) is 0 Å². The second kappa shape index (κ2) is 6.77. The van der Waals surface area contributed by atoms with Crippen LogP contribution < -0.4 is 0 Å². The quantitative estimate of drug-likeness (QED) is 0.354. The summed E-state index contributed by atoms with van der Waals surface area (Å²) in [5.41, 5.74) is 5.30. The van der Waals surface area contributed by atoms with Gasteiger partial charge in [-0.2, -0.15) is 0 Å². The molecule has 18 heavy (non-hydrogen) atoms. The highest BCUT2D eigenvalue weighted by atomic mass is 32.1. The molecule has 0 aliphatic heterocycles. The Labute approximate surface area is 114 Å². The van der Waals surface area contributed by atoms with Gasteiger partial charge in [-0.15, -0.1) is 11.3 Å². The molecule has 2 rings (SSSR count). The van der Waals surface area contributed by atoms with E-state index in [0.717, 1.165) is 30.5 Å². The van der Waals surface area contributed by atoms with Crippen LogP contribution >= 0.6 is 20.6 Å². The lowest BCUT2D eigenvalue weighted by Gasteiger charge is -2.01. The molecule has 0 amide bonds. The average molecular weight is 277 g/mol. The predicted octanol–water partition coefficient (Wildman–Crippen LogP) is 3.71. The maximum Gasteiger partial charge on any atom is 0.0797 e. The van der Waals surface area contributed by atoms with Gasteiger partial charge >= 0.3 is 0 Å². The molecular weight excluding hydrogens is 260 g/mol. The van der Waals surface area contributed by atoms with Crippen LogP contribution in [0, 0.1) is 6.92 Å². The van der Waals surface area contributed by atoms with E-state index in [0.29, 0.717) is 0 Å². The fraction of sp³-hybridized carbons (Fsp3) is 0.286. The normalized spacial score (nSPS) is 11.8. The smallest absolute Gasteiger partial charge is 0.0797 e. The van der Waals surface area contributed by atoms with E-state index in [1.165, 1.54) is 10.4 Å². The third-order valence-electron chi connectivity index (χ3n) is 2.76. The third kappa shape index (κ3) is 3.72. The molecule has 0 spiro atoms. The Morgan fingerprint density at radius 1 is 1.33 bits per heavy atom. The van der Waals surface area contributed by atoms with Crippen LogP contribution in [0.15, 0.2) is 40.8 Å². The average Bonchev–Trinajstić information content (AvgIpc) is 2.81. The molecule has 1 unspecified atom stereocenters. The Bertz CT molecular complexity index is 520. The van der Waals surface area contributed by atoms with Crippen molar-refractivity contribution >= 4 is 26.0 Å². The van der Waals surface area contributed by atoms with Gasteiger partial charge < -0.3 is 0 Å². The van der Waals surface area contributed by atoms with E-state index in [1.54, 1.807) is 11.3 Å². The maximum atomic E-state index is 4.59. The number of nitrogens with zero attached hydrogens (tertiary/aromatic N) is 2. The van der Waals surface area contributed by atoms with Gasteiger partial charge in [0.15, 0.2) is 0 Å². The molecule has 1 atom stereocenters. The SMILES string of the molecule is Cc1ncsc1CCC[15N]=C(P)c1ccccc1. The molecule has 1 aromatic carbocycles. The first-order valence-corrected chi connectivity index (χ1v) is 7.47. The monoisotopic (exact) mass is 277 g/mol. The molecule has 94 valence electrons. The van der Waals surface area contributed by atoms with E-state index >= 15 is 0 Å². The Morgan fingerprint density at radius 2 is 2.11 bits per heavy atom. The number of aryl methyl sites for hydroxylation is 2. The van der Waals surface area contributed by atoms with Crippen LogP contribution in [0.4, 0.5) is 0 Å². The lowest BCUT2D eigenvalue weighted by molar-refractivity contribution is 0.839. The standard InChI is InChI=1S/C14H17N2PS/c1-11-13(18-10-16-11)8-5-9-15-14(17)12-6-3-2-4-7-12/h2-4,6-7,10H,5,8-9,17H2,1H3/i15+1. The number of hydrogen-bond donors (Lipinski definition) is 0. The summed E-state index contributed by atoms with van der Waals surface area (Å²) < 4.78 is 0. The first kappa shape index (κ1) is 13.4. The summed E-state index contributed by atoms with van der Waals surface area (Å²) in [7, 11) is 2.72. The van der Waals surface area contributed by atoms with Crippen LogP contribution in [0.3, 0.4) is 0 Å². The van der Waals surface area contributed by atoms with Crippen molar-refractivity contribution in [2.24, 2.45) is 4.99 Å². The minimum absolute atomic E-state index is 0.866. The number of rotatable bonds is 5. The van der Waals surface area contributed by atoms with Gasteiger partial charge in [0.2, 0.25) is 0 Å². The lowest BCUT2D eigenvalue weighted by atomic mass is 10.2. The first-order valence-electron chi connectivity index (χ1n) is 6.01. The van der Waals surface area contributed by atoms with Crippen LogP contribution in [-0.4, -0.2) is 17.0 Å². The van der Waals surface area contributed by atoms with Crippen molar-refractivity contribution in [3.63, 3.8) is 0 Å². The zero-order valence-electron chi connectivity index (χ0n) is 10.5. The van der Waals surface area contributed by atoms with Crippen LogP contribution in [0.25, 0.3) is 0 Å². The molecule has 0 radical (unpaired) electrons. The van der Waals surface area contributed by atoms with E-state index in [9.17, 15) is 0 Å². The summed E-state index contributed by atoms with van der Waals surface area (Å²) >= 11 is 1.74. The van der Waals surface area contributed by atoms with Gasteiger partial charge in [-0.05, 0) is 25.3 Å². The maximum absolute atomic E-state index is 4.59. The molecule has 2 aromatic rings. The summed E-state index contributed by atoms with van der Waals surface area (Å²) in [6.45, 7) is 2.94. The van der Waals surface area contributed by atoms with Gasteiger partial charge in [-0.25, -0.2) is 4.98 Å². The number of benzene rings is 1. The molecule has 0 bridgehead atoms. The lowest BCUT2D eigenvalue weighted by Crippen LogP contribution is -1.94. The molecule has 0 N–H and O–H groups in total. The molecule has 2 nitrogen and oxygen atoms in total. The molecule has 1 heterocycles. The third-order valence-corrected chi connectivity index (χ3v) is 4.27. The van der Waals surface area contributed by atoms with Crippen molar-refractivity contribution in [1.82, 2.24) is 4.98 Å². The Kier molecular flexibility index (Phi) is 5.03. The summed E-state index contributed by atoms with van der Waals surface area (Å²) in [5.74, 6) is 0. The van der Waals surface area contributed by atoms with Crippen LogP contribution in [0.5, 0.6) is 0 Å². The van der Waals surface area contributed by atoms with Crippen molar-refractivity contribution in [1.29, 1.82) is 0 Å². The number of aliphatic imine (C=N–C) groups is 1. The zero-order chi connectivity index (χ0) is 12.8. The van der Waals surface area contributed by atoms with E-state index in [4.69, 9.17) is 0 Å². The molecule has 0 saturated carbocycles. The molecule has 0 fully saturated rings. The van der Waals surface area contributed by atoms with Gasteiger partial charge in [0.25, 0.3) is 0 Å². The van der Waals surface area contributed by atoms with Gasteiger partial charge in [0.05, 0.1) is 16.7 Å². The second-order valence-corrected chi connectivity index (χ2v) is 5.58. The summed E-state index contributed by atoms with van der Waals surface area (Å²) in [6.07, 6.45) is 2.15. The summed E-state index contributed by atoms with van der Waals surface area (Å²) in [4.78, 5) is 10.2. The van der Waals surface area contributed by atoms with Gasteiger partial charge in [-0.1, -0.05) is 39.6 Å². The highest BCUT2D eigenvalue weighted by Crippen LogP contribution is 2.14. The Balaban J connectivity index is 1.83. The molecule has 4 heteroatoms. The van der Waals surface area contributed by atoms with Crippen molar-refractivity contribution < 1.29 is 0 Å². The molecule has 0 aliphatic rings. The Morgan fingerprint density at radius 3 is 2.78 bits per heavy atom. The number of thiazole rings is 1. The van der Waals surface area contributed by atoms with Crippen LogP contribution in [0.2, 0.25) is 0 Å². The van der Waals surface area contributed by atoms with Gasteiger partial charge in [-0.3, -0.25) is 4.99 Å². The molecule has 0 aliphatic carbocycles. The fourth-order valence-corrected chi connectivity index (χ4v) is 2.85. The molecule has 0 saturated heterocycles. The first-order chi connectivity index (χ1) is 8.77. The number of hydrogen-bond acceptors (Lipinski definition) is 3. The van der Waals surface area contributed by atoms with Crippen molar-refractivity contribution in [2.45, 2.75) is 19.8 Å². The topological polar surface area (TPSA) is 25.2 Å². The summed E-state index contributed by atoms with van der Waals surface area (Å²) in [5, 5.41) is 0. The van der Waals surface area contributed by atoms with E-state index < -0.39 is 0 Å². The minimum atomic E-state index is 0.866. The zero-order valence-corrected chi connectivity index (χ0v) is 12.4. The van der Waals surface area contributed by atoms with E-state index in [2.05, 4.69) is 38.3 Å². The predicted molar refractivity (Wildman–Crippen MR) is 82.7 cm³/mol. The molecule has 1 aromatic heterocycles. The van der Waals surface area contributed by atoms with Gasteiger partial charge in [0, 0.05) is 11.4 Å².